The maximum absolute atomic E-state index is 10.8. The van der Waals surface area contributed by atoms with Crippen LogP contribution in [0.25, 0.3) is 10.4 Å². The molecule has 1 aromatic carbocycles. The average molecular weight is 236 g/mol. The normalized spacial score (nSPS) is 9.47. The minimum atomic E-state index is -0.527. The summed E-state index contributed by atoms with van der Waals surface area (Å²) >= 11 is 0. The van der Waals surface area contributed by atoms with Gasteiger partial charge in [0.2, 0.25) is 0 Å². The molecule has 0 bridgehead atoms. The molecule has 0 aliphatic heterocycles. The van der Waals surface area contributed by atoms with Gasteiger partial charge >= 0.3 is 0 Å². The Morgan fingerprint density at radius 3 is 2.94 bits per heavy atom. The van der Waals surface area contributed by atoms with Gasteiger partial charge in [-0.25, -0.2) is 0 Å². The van der Waals surface area contributed by atoms with E-state index in [4.69, 9.17) is 11.3 Å². The molecule has 90 valence electrons. The number of nitro benzene ring substituents is 1. The highest BCUT2D eigenvalue weighted by Crippen LogP contribution is 2.29. The average Bonchev–Trinajstić information content (AvgIpc) is 2.31. The molecular weight excluding hydrogens is 224 g/mol. The lowest BCUT2D eigenvalue weighted by atomic mass is 10.2. The minimum absolute atomic E-state index is 0.119. The molecule has 0 radical (unpaired) electrons. The summed E-state index contributed by atoms with van der Waals surface area (Å²) in [5.41, 5.74) is 14.1. The molecule has 0 saturated carbocycles. The number of anilines is 1. The fraction of sp³-hybridized carbons (Fsp3) is 0.333. The third-order valence-electron chi connectivity index (χ3n) is 2.03. The van der Waals surface area contributed by atoms with E-state index < -0.39 is 4.92 Å². The SMILES string of the molecule is [N-]=[N+]=Nc1ccc(NCCCN)c([N+](=O)[O-])c1. The van der Waals surface area contributed by atoms with Gasteiger partial charge in [0.05, 0.1) is 4.92 Å². The summed E-state index contributed by atoms with van der Waals surface area (Å²) in [6.45, 7) is 1.07. The van der Waals surface area contributed by atoms with Crippen molar-refractivity contribution >= 4 is 17.1 Å². The van der Waals surface area contributed by atoms with Gasteiger partial charge in [-0.2, -0.15) is 0 Å². The number of azide groups is 1. The molecule has 0 heterocycles. The second kappa shape index (κ2) is 6.31. The quantitative estimate of drug-likeness (QED) is 0.196. The van der Waals surface area contributed by atoms with E-state index in [0.717, 1.165) is 6.42 Å². The number of rotatable bonds is 6. The van der Waals surface area contributed by atoms with Crippen LogP contribution >= 0.6 is 0 Å². The van der Waals surface area contributed by atoms with Crippen molar-refractivity contribution in [2.45, 2.75) is 6.42 Å². The van der Waals surface area contributed by atoms with Crippen LogP contribution in [0.1, 0.15) is 6.42 Å². The summed E-state index contributed by atoms with van der Waals surface area (Å²) < 4.78 is 0. The lowest BCUT2D eigenvalue weighted by Crippen LogP contribution is -2.09. The van der Waals surface area contributed by atoms with Gasteiger partial charge in [0, 0.05) is 23.2 Å². The van der Waals surface area contributed by atoms with E-state index in [1.165, 1.54) is 18.2 Å². The smallest absolute Gasteiger partial charge is 0.292 e. The van der Waals surface area contributed by atoms with Crippen LogP contribution < -0.4 is 11.1 Å². The number of benzene rings is 1. The van der Waals surface area contributed by atoms with Crippen molar-refractivity contribution < 1.29 is 4.92 Å². The van der Waals surface area contributed by atoms with E-state index in [9.17, 15) is 10.1 Å². The van der Waals surface area contributed by atoms with E-state index in [1.807, 2.05) is 0 Å². The van der Waals surface area contributed by atoms with Crippen LogP contribution in [0.5, 0.6) is 0 Å². The summed E-state index contributed by atoms with van der Waals surface area (Å²) in [4.78, 5) is 12.9. The number of nitrogens with zero attached hydrogens (tertiary/aromatic N) is 4. The summed E-state index contributed by atoms with van der Waals surface area (Å²) in [5, 5.41) is 17.0. The molecule has 0 saturated heterocycles. The van der Waals surface area contributed by atoms with Gasteiger partial charge in [-0.1, -0.05) is 11.2 Å². The Bertz CT molecular complexity index is 455. The fourth-order valence-electron chi connectivity index (χ4n) is 1.26. The topological polar surface area (TPSA) is 130 Å². The van der Waals surface area contributed by atoms with Crippen LogP contribution in [0.4, 0.5) is 17.1 Å². The van der Waals surface area contributed by atoms with Crippen LogP contribution in [-0.2, 0) is 0 Å². The van der Waals surface area contributed by atoms with Crippen molar-refractivity contribution in [3.63, 3.8) is 0 Å². The van der Waals surface area contributed by atoms with Gasteiger partial charge in [-0.3, -0.25) is 10.1 Å². The van der Waals surface area contributed by atoms with Crippen molar-refractivity contribution in [1.29, 1.82) is 0 Å². The number of nitrogens with one attached hydrogen (secondary N) is 1. The van der Waals surface area contributed by atoms with E-state index in [2.05, 4.69) is 15.3 Å². The third kappa shape index (κ3) is 3.63. The molecule has 0 aliphatic rings. The predicted octanol–water partition coefficient (Wildman–Crippen LogP) is 2.30. The zero-order valence-electron chi connectivity index (χ0n) is 9.04. The largest absolute Gasteiger partial charge is 0.379 e. The first kappa shape index (κ1) is 12.8. The number of nitro groups is 1. The Kier molecular flexibility index (Phi) is 4.74. The molecule has 3 N–H and O–H groups in total. The number of hydrogen-bond acceptors (Lipinski definition) is 5. The standard InChI is InChI=1S/C9H12N6O2/c10-4-1-5-12-8-3-2-7(13-14-11)6-9(8)15(16)17/h2-3,6,12H,1,4-5,10H2. The Morgan fingerprint density at radius 1 is 1.59 bits per heavy atom. The zero-order valence-corrected chi connectivity index (χ0v) is 9.04. The predicted molar refractivity (Wildman–Crippen MR) is 64.1 cm³/mol. The van der Waals surface area contributed by atoms with Crippen LogP contribution in [0, 0.1) is 10.1 Å². The van der Waals surface area contributed by atoms with E-state index in [1.54, 1.807) is 0 Å². The summed E-state index contributed by atoms with van der Waals surface area (Å²) in [5.74, 6) is 0. The Hall–Kier alpha value is -2.31. The first-order valence-corrected chi connectivity index (χ1v) is 4.96. The molecule has 0 aromatic heterocycles. The highest BCUT2D eigenvalue weighted by Gasteiger charge is 2.13. The number of nitrogens with two attached hydrogens (primary N) is 1. The third-order valence-corrected chi connectivity index (χ3v) is 2.03. The van der Waals surface area contributed by atoms with Gasteiger partial charge in [-0.15, -0.1) is 0 Å². The molecule has 0 amide bonds. The van der Waals surface area contributed by atoms with E-state index >= 15 is 0 Å². The number of hydrogen-bond donors (Lipinski definition) is 2. The first-order valence-electron chi connectivity index (χ1n) is 4.96. The van der Waals surface area contributed by atoms with Gasteiger partial charge < -0.3 is 11.1 Å². The first-order chi connectivity index (χ1) is 8.19. The molecule has 1 aromatic rings. The summed E-state index contributed by atoms with van der Waals surface area (Å²) in [6, 6.07) is 4.25. The summed E-state index contributed by atoms with van der Waals surface area (Å²) in [7, 11) is 0. The molecule has 0 fully saturated rings. The van der Waals surface area contributed by atoms with Crippen LogP contribution in [0.3, 0.4) is 0 Å². The molecule has 0 unspecified atom stereocenters. The second-order valence-corrected chi connectivity index (χ2v) is 3.22. The Labute approximate surface area is 97.2 Å². The van der Waals surface area contributed by atoms with Gasteiger partial charge in [-0.05, 0) is 24.6 Å². The lowest BCUT2D eigenvalue weighted by Gasteiger charge is -2.06. The fourth-order valence-corrected chi connectivity index (χ4v) is 1.26. The molecular formula is C9H12N6O2. The molecule has 17 heavy (non-hydrogen) atoms. The van der Waals surface area contributed by atoms with E-state index in [0.29, 0.717) is 18.8 Å². The highest BCUT2D eigenvalue weighted by atomic mass is 16.6. The van der Waals surface area contributed by atoms with Crippen molar-refractivity contribution in [3.8, 4) is 0 Å². The molecule has 0 atom stereocenters. The lowest BCUT2D eigenvalue weighted by molar-refractivity contribution is -0.383. The van der Waals surface area contributed by atoms with Crippen molar-refractivity contribution in [2.75, 3.05) is 18.4 Å². The highest BCUT2D eigenvalue weighted by molar-refractivity contribution is 5.66. The molecule has 0 aliphatic carbocycles. The molecule has 8 heteroatoms. The van der Waals surface area contributed by atoms with Crippen molar-refractivity contribution in [2.24, 2.45) is 10.8 Å². The van der Waals surface area contributed by atoms with Crippen LogP contribution in [-0.4, -0.2) is 18.0 Å². The maximum Gasteiger partial charge on any atom is 0.292 e. The van der Waals surface area contributed by atoms with Crippen LogP contribution in [0.15, 0.2) is 23.3 Å². The monoisotopic (exact) mass is 236 g/mol. The second-order valence-electron chi connectivity index (χ2n) is 3.22. The van der Waals surface area contributed by atoms with Gasteiger partial charge in [0.25, 0.3) is 5.69 Å². The van der Waals surface area contributed by atoms with Crippen molar-refractivity contribution in [3.05, 3.63) is 38.8 Å². The Morgan fingerprint density at radius 2 is 2.35 bits per heavy atom. The van der Waals surface area contributed by atoms with Crippen molar-refractivity contribution in [1.82, 2.24) is 0 Å². The molecule has 1 rings (SSSR count). The van der Waals surface area contributed by atoms with Crippen LogP contribution in [0.2, 0.25) is 0 Å². The molecule has 8 nitrogen and oxygen atoms in total. The van der Waals surface area contributed by atoms with Gasteiger partial charge in [0.15, 0.2) is 0 Å². The minimum Gasteiger partial charge on any atom is -0.379 e. The summed E-state index contributed by atoms with van der Waals surface area (Å²) in [6.07, 6.45) is 0.718. The molecule has 0 spiro atoms. The zero-order chi connectivity index (χ0) is 12.7. The van der Waals surface area contributed by atoms with E-state index in [-0.39, 0.29) is 11.4 Å². The Balaban J connectivity index is 2.96. The maximum atomic E-state index is 10.8. The van der Waals surface area contributed by atoms with Gasteiger partial charge in [0.1, 0.15) is 5.69 Å².